The van der Waals surface area contributed by atoms with Crippen molar-refractivity contribution in [2.75, 3.05) is 45.8 Å². The van der Waals surface area contributed by atoms with Crippen molar-refractivity contribution in [3.8, 4) is 0 Å². The summed E-state index contributed by atoms with van der Waals surface area (Å²) in [5.41, 5.74) is 0.0258. The molecule has 0 saturated carbocycles. The summed E-state index contributed by atoms with van der Waals surface area (Å²) in [6, 6.07) is 0. The highest BCUT2D eigenvalue weighted by Crippen LogP contribution is 2.49. The number of piperidine rings is 2. The molecule has 1 aromatic heterocycles. The first-order valence-electron chi connectivity index (χ1n) is 11.8. The zero-order valence-corrected chi connectivity index (χ0v) is 19.5. The van der Waals surface area contributed by atoms with E-state index in [-0.39, 0.29) is 29.1 Å². The van der Waals surface area contributed by atoms with Gasteiger partial charge in [-0.1, -0.05) is 13.8 Å². The molecule has 4 heterocycles. The number of carbonyl (C=O) groups excluding carboxylic acids is 2. The highest BCUT2D eigenvalue weighted by Gasteiger charge is 2.52. The van der Waals surface area contributed by atoms with Crippen LogP contribution in [0.25, 0.3) is 0 Å². The molecule has 4 rings (SSSR count). The van der Waals surface area contributed by atoms with Gasteiger partial charge < -0.3 is 19.1 Å². The van der Waals surface area contributed by atoms with E-state index in [4.69, 9.17) is 4.42 Å². The largest absolute Gasteiger partial charge is 0.425 e. The van der Waals surface area contributed by atoms with Gasteiger partial charge in [-0.2, -0.15) is 0 Å². The Bertz CT molecular complexity index is 791. The van der Waals surface area contributed by atoms with Crippen LogP contribution in [0.5, 0.6) is 0 Å². The Morgan fingerprint density at radius 3 is 2.32 bits per heavy atom. The van der Waals surface area contributed by atoms with Crippen molar-refractivity contribution >= 4 is 11.8 Å². The van der Waals surface area contributed by atoms with Gasteiger partial charge in [0, 0.05) is 57.9 Å². The fourth-order valence-electron chi connectivity index (χ4n) is 5.78. The number of aryl methyl sites for hydroxylation is 1. The second-order valence-corrected chi connectivity index (χ2v) is 10.2. The van der Waals surface area contributed by atoms with Crippen LogP contribution in [-0.4, -0.2) is 82.5 Å². The maximum atomic E-state index is 12.8. The lowest BCUT2D eigenvalue weighted by Gasteiger charge is -2.43. The number of hydrogen-bond acceptors (Lipinski definition) is 6. The van der Waals surface area contributed by atoms with E-state index in [0.29, 0.717) is 24.2 Å². The lowest BCUT2D eigenvalue weighted by Crippen LogP contribution is -2.47. The highest BCUT2D eigenvalue weighted by molar-refractivity contribution is 5.78. The monoisotopic (exact) mass is 431 g/mol. The van der Waals surface area contributed by atoms with E-state index < -0.39 is 0 Å². The molecule has 3 aliphatic rings. The van der Waals surface area contributed by atoms with Crippen LogP contribution in [0.2, 0.25) is 0 Å². The van der Waals surface area contributed by atoms with E-state index in [0.717, 1.165) is 65.0 Å². The summed E-state index contributed by atoms with van der Waals surface area (Å²) in [5.74, 6) is 2.50. The lowest BCUT2D eigenvalue weighted by molar-refractivity contribution is -0.134. The van der Waals surface area contributed by atoms with Gasteiger partial charge in [0.15, 0.2) is 0 Å². The summed E-state index contributed by atoms with van der Waals surface area (Å²) >= 11 is 0. The number of rotatable bonds is 4. The summed E-state index contributed by atoms with van der Waals surface area (Å²) in [6.07, 6.45) is 4.30. The molecule has 0 aromatic carbocycles. The summed E-state index contributed by atoms with van der Waals surface area (Å²) in [5, 5.41) is 8.42. The molecular formula is C23H37N5O3. The van der Waals surface area contributed by atoms with Gasteiger partial charge in [-0.05, 0) is 44.7 Å². The van der Waals surface area contributed by atoms with Gasteiger partial charge in [-0.15, -0.1) is 10.2 Å². The van der Waals surface area contributed by atoms with Crippen LogP contribution in [0.4, 0.5) is 0 Å². The topological polar surface area (TPSA) is 82.8 Å². The summed E-state index contributed by atoms with van der Waals surface area (Å²) < 4.78 is 5.86. The fourth-order valence-corrected chi connectivity index (χ4v) is 5.78. The molecule has 0 N–H and O–H groups in total. The molecule has 3 saturated heterocycles. The Morgan fingerprint density at radius 2 is 1.77 bits per heavy atom. The molecule has 2 amide bonds. The van der Waals surface area contributed by atoms with Crippen LogP contribution in [-0.2, 0) is 9.59 Å². The summed E-state index contributed by atoms with van der Waals surface area (Å²) in [4.78, 5) is 30.9. The first kappa shape index (κ1) is 22.2. The maximum absolute atomic E-state index is 12.8. The smallest absolute Gasteiger partial charge is 0.225 e. The highest BCUT2D eigenvalue weighted by atomic mass is 16.4. The molecule has 3 fully saturated rings. The Morgan fingerprint density at radius 1 is 1.10 bits per heavy atom. The summed E-state index contributed by atoms with van der Waals surface area (Å²) in [7, 11) is 0. The van der Waals surface area contributed by atoms with E-state index in [1.54, 1.807) is 6.92 Å². The SMILES string of the molecule is CC(=O)N1CCC(CN2CCC3(CC2)CN(C(=O)C(C)C)CC3c2nnc(C)o2)CC1. The van der Waals surface area contributed by atoms with Crippen LogP contribution < -0.4 is 0 Å². The number of aromatic nitrogens is 2. The van der Waals surface area contributed by atoms with Gasteiger partial charge in [0.2, 0.25) is 23.6 Å². The molecular weight excluding hydrogens is 394 g/mol. The minimum atomic E-state index is 0.00109. The molecule has 1 spiro atoms. The van der Waals surface area contributed by atoms with Gasteiger partial charge in [-0.3, -0.25) is 9.59 Å². The Hall–Kier alpha value is -1.96. The molecule has 0 bridgehead atoms. The predicted molar refractivity (Wildman–Crippen MR) is 116 cm³/mol. The zero-order valence-electron chi connectivity index (χ0n) is 19.5. The molecule has 8 heteroatoms. The van der Waals surface area contributed by atoms with E-state index in [1.807, 2.05) is 30.6 Å². The second kappa shape index (κ2) is 8.88. The van der Waals surface area contributed by atoms with Gasteiger partial charge in [0.1, 0.15) is 0 Å². The second-order valence-electron chi connectivity index (χ2n) is 10.2. The molecule has 0 radical (unpaired) electrons. The van der Waals surface area contributed by atoms with Crippen molar-refractivity contribution in [2.45, 2.75) is 59.3 Å². The van der Waals surface area contributed by atoms with Crippen molar-refractivity contribution in [1.82, 2.24) is 24.9 Å². The lowest BCUT2D eigenvalue weighted by atomic mass is 9.70. The van der Waals surface area contributed by atoms with Gasteiger partial charge in [-0.25, -0.2) is 0 Å². The van der Waals surface area contributed by atoms with Gasteiger partial charge >= 0.3 is 0 Å². The Labute approximate surface area is 185 Å². The van der Waals surface area contributed by atoms with E-state index >= 15 is 0 Å². The molecule has 0 aliphatic carbocycles. The average molecular weight is 432 g/mol. The van der Waals surface area contributed by atoms with Gasteiger partial charge in [0.25, 0.3) is 0 Å². The summed E-state index contributed by atoms with van der Waals surface area (Å²) in [6.45, 7) is 13.9. The molecule has 172 valence electrons. The molecule has 8 nitrogen and oxygen atoms in total. The number of likely N-dealkylation sites (tertiary alicyclic amines) is 3. The number of carbonyl (C=O) groups is 2. The molecule has 1 atom stereocenters. The van der Waals surface area contributed by atoms with E-state index in [9.17, 15) is 9.59 Å². The molecule has 31 heavy (non-hydrogen) atoms. The van der Waals surface area contributed by atoms with Crippen molar-refractivity contribution < 1.29 is 14.0 Å². The predicted octanol–water partition coefficient (Wildman–Crippen LogP) is 2.30. The van der Waals surface area contributed by atoms with Crippen LogP contribution in [0.1, 0.15) is 64.2 Å². The van der Waals surface area contributed by atoms with Crippen LogP contribution >= 0.6 is 0 Å². The first-order valence-corrected chi connectivity index (χ1v) is 11.8. The van der Waals surface area contributed by atoms with Crippen LogP contribution in [0.3, 0.4) is 0 Å². The van der Waals surface area contributed by atoms with E-state index in [2.05, 4.69) is 15.1 Å². The van der Waals surface area contributed by atoms with Crippen LogP contribution in [0.15, 0.2) is 4.42 Å². The minimum absolute atomic E-state index is 0.00109. The third kappa shape index (κ3) is 4.64. The first-order chi connectivity index (χ1) is 14.8. The van der Waals surface area contributed by atoms with Crippen molar-refractivity contribution in [3.05, 3.63) is 11.8 Å². The average Bonchev–Trinajstić information content (AvgIpc) is 3.33. The molecule has 1 aromatic rings. The normalized spacial score (nSPS) is 25.0. The van der Waals surface area contributed by atoms with Gasteiger partial charge in [0.05, 0.1) is 5.92 Å². The van der Waals surface area contributed by atoms with Crippen LogP contribution in [0, 0.1) is 24.2 Å². The molecule has 3 aliphatic heterocycles. The third-order valence-corrected chi connectivity index (χ3v) is 7.72. The van der Waals surface area contributed by atoms with Crippen molar-refractivity contribution in [3.63, 3.8) is 0 Å². The number of hydrogen-bond donors (Lipinski definition) is 0. The number of amides is 2. The zero-order chi connectivity index (χ0) is 22.2. The minimum Gasteiger partial charge on any atom is -0.425 e. The Kier molecular flexibility index (Phi) is 6.37. The quantitative estimate of drug-likeness (QED) is 0.728. The number of nitrogens with zero attached hydrogens (tertiary/aromatic N) is 5. The van der Waals surface area contributed by atoms with Crippen molar-refractivity contribution in [1.29, 1.82) is 0 Å². The maximum Gasteiger partial charge on any atom is 0.225 e. The fraction of sp³-hybridized carbons (Fsp3) is 0.826. The van der Waals surface area contributed by atoms with E-state index in [1.165, 1.54) is 0 Å². The molecule has 1 unspecified atom stereocenters. The Balaban J connectivity index is 1.40. The third-order valence-electron chi connectivity index (χ3n) is 7.72. The van der Waals surface area contributed by atoms with Crippen molar-refractivity contribution in [2.24, 2.45) is 17.3 Å². The standard InChI is InChI=1S/C23H37N5O3/c1-16(2)22(30)28-14-20(21-25-24-17(3)31-21)23(15-28)7-11-26(12-8-23)13-19-5-9-27(10-6-19)18(4)29/h16,19-20H,5-15H2,1-4H3.